The zero-order valence-electron chi connectivity index (χ0n) is 28.0. The maximum Gasteiger partial charge on any atom is 0.163 e. The van der Waals surface area contributed by atoms with Crippen molar-refractivity contribution in [1.29, 1.82) is 5.26 Å². The third-order valence-corrected chi connectivity index (χ3v) is 11.1. The van der Waals surface area contributed by atoms with Gasteiger partial charge in [-0.25, -0.2) is 9.97 Å². The van der Waals surface area contributed by atoms with Gasteiger partial charge in [0.15, 0.2) is 5.82 Å². The smallest absolute Gasteiger partial charge is 0.163 e. The van der Waals surface area contributed by atoms with Crippen molar-refractivity contribution in [2.24, 2.45) is 0 Å². The van der Waals surface area contributed by atoms with Crippen molar-refractivity contribution in [3.05, 3.63) is 198 Å². The van der Waals surface area contributed by atoms with Crippen LogP contribution < -0.4 is 0 Å². The van der Waals surface area contributed by atoms with E-state index in [1.165, 1.54) is 49.9 Å². The van der Waals surface area contributed by atoms with Crippen molar-refractivity contribution in [2.75, 3.05) is 0 Å². The first-order chi connectivity index (χ1) is 25.8. The first kappa shape index (κ1) is 28.7. The Kier molecular flexibility index (Phi) is 5.91. The second kappa shape index (κ2) is 10.7. The van der Waals surface area contributed by atoms with Gasteiger partial charge in [0.1, 0.15) is 5.82 Å². The Morgan fingerprint density at radius 3 is 1.73 bits per heavy atom. The molecule has 11 rings (SSSR count). The van der Waals surface area contributed by atoms with Crippen molar-refractivity contribution in [3.8, 4) is 56.8 Å². The van der Waals surface area contributed by atoms with Crippen molar-refractivity contribution in [2.45, 2.75) is 5.41 Å². The van der Waals surface area contributed by atoms with Crippen LogP contribution in [0.25, 0.3) is 72.5 Å². The maximum absolute atomic E-state index is 10.1. The fourth-order valence-corrected chi connectivity index (χ4v) is 9.00. The van der Waals surface area contributed by atoms with E-state index in [2.05, 4.69) is 138 Å². The molecule has 0 fully saturated rings. The van der Waals surface area contributed by atoms with Crippen molar-refractivity contribution in [3.63, 3.8) is 0 Å². The summed E-state index contributed by atoms with van der Waals surface area (Å²) in [5.74, 6) is 1.27. The molecule has 2 aromatic heterocycles. The fourth-order valence-electron chi connectivity index (χ4n) is 9.00. The van der Waals surface area contributed by atoms with E-state index >= 15 is 0 Å². The molecule has 0 saturated carbocycles. The summed E-state index contributed by atoms with van der Waals surface area (Å²) in [6, 6.07) is 62.4. The lowest BCUT2D eigenvalue weighted by molar-refractivity contribution is 0.794. The number of benzene rings is 7. The molecule has 52 heavy (non-hydrogen) atoms. The van der Waals surface area contributed by atoms with E-state index in [1.807, 2.05) is 42.5 Å². The summed E-state index contributed by atoms with van der Waals surface area (Å²) in [5.41, 5.74) is 15.0. The SMILES string of the molecule is N#Cc1ccccc1-c1nc(-c2ccccc2)cc(-n2c3ccccc3c3cc4c(cc32)C2(c3ccccc3-c3ccccc32)c2ccccc2-4)n1. The summed E-state index contributed by atoms with van der Waals surface area (Å²) in [6.07, 6.45) is 0. The van der Waals surface area contributed by atoms with Gasteiger partial charge >= 0.3 is 0 Å². The van der Waals surface area contributed by atoms with Crippen LogP contribution in [-0.4, -0.2) is 14.5 Å². The highest BCUT2D eigenvalue weighted by Gasteiger charge is 2.51. The molecular weight excluding hydrogens is 633 g/mol. The molecule has 0 N–H and O–H groups in total. The Balaban J connectivity index is 1.27. The standard InChI is InChI=1S/C48H28N4/c49-29-31-16-4-5-17-32(31)47-50-43(30-14-2-1-3-15-30)28-46(51-47)52-44-25-13-9-21-36(44)38-26-37-35-20-8-12-24-41(35)48(42(37)27-45(38)52)39-22-10-6-18-33(39)34-19-7-11-23-40(34)48/h1-28H. The van der Waals surface area contributed by atoms with Crippen LogP contribution in [0.4, 0.5) is 0 Å². The summed E-state index contributed by atoms with van der Waals surface area (Å²) < 4.78 is 2.29. The molecule has 4 heteroatoms. The van der Waals surface area contributed by atoms with Crippen LogP contribution in [-0.2, 0) is 5.41 Å². The molecule has 1 spiro atoms. The monoisotopic (exact) mass is 660 g/mol. The van der Waals surface area contributed by atoms with Crippen LogP contribution in [0, 0.1) is 11.3 Å². The van der Waals surface area contributed by atoms with Gasteiger partial charge in [-0.15, -0.1) is 0 Å². The third kappa shape index (κ3) is 3.74. The average molecular weight is 661 g/mol. The van der Waals surface area contributed by atoms with E-state index in [4.69, 9.17) is 9.97 Å². The molecule has 7 aromatic carbocycles. The molecule has 9 aromatic rings. The van der Waals surface area contributed by atoms with Gasteiger partial charge < -0.3 is 0 Å². The number of hydrogen-bond acceptors (Lipinski definition) is 3. The van der Waals surface area contributed by atoms with E-state index in [-0.39, 0.29) is 0 Å². The van der Waals surface area contributed by atoms with Crippen molar-refractivity contribution >= 4 is 21.8 Å². The van der Waals surface area contributed by atoms with E-state index in [9.17, 15) is 5.26 Å². The molecule has 0 saturated heterocycles. The van der Waals surface area contributed by atoms with Crippen molar-refractivity contribution in [1.82, 2.24) is 14.5 Å². The van der Waals surface area contributed by atoms with Gasteiger partial charge in [0.25, 0.3) is 0 Å². The zero-order valence-corrected chi connectivity index (χ0v) is 28.0. The lowest BCUT2D eigenvalue weighted by Gasteiger charge is -2.30. The van der Waals surface area contributed by atoms with Gasteiger partial charge in [-0.1, -0.05) is 133 Å². The number of hydrogen-bond donors (Lipinski definition) is 0. The summed E-state index contributed by atoms with van der Waals surface area (Å²) in [4.78, 5) is 10.3. The molecule has 4 nitrogen and oxygen atoms in total. The Morgan fingerprint density at radius 2 is 1.04 bits per heavy atom. The van der Waals surface area contributed by atoms with E-state index < -0.39 is 5.41 Å². The first-order valence-electron chi connectivity index (χ1n) is 17.6. The topological polar surface area (TPSA) is 54.5 Å². The molecule has 240 valence electrons. The third-order valence-electron chi connectivity index (χ3n) is 11.1. The van der Waals surface area contributed by atoms with Crippen LogP contribution in [0.15, 0.2) is 170 Å². The summed E-state index contributed by atoms with van der Waals surface area (Å²) >= 11 is 0. The van der Waals surface area contributed by atoms with Gasteiger partial charge in [0, 0.05) is 28.0 Å². The summed E-state index contributed by atoms with van der Waals surface area (Å²) in [6.45, 7) is 0. The molecule has 0 bridgehead atoms. The minimum atomic E-state index is -0.466. The molecule has 2 aliphatic rings. The molecule has 2 heterocycles. The summed E-state index contributed by atoms with van der Waals surface area (Å²) in [7, 11) is 0. The molecular formula is C48H28N4. The highest BCUT2D eigenvalue weighted by molar-refractivity contribution is 6.12. The van der Waals surface area contributed by atoms with E-state index in [0.717, 1.165) is 33.5 Å². The Bertz CT molecular complexity index is 2940. The molecule has 0 atom stereocenters. The average Bonchev–Trinajstić information content (AvgIpc) is 3.81. The normalized spacial score (nSPS) is 13.1. The highest BCUT2D eigenvalue weighted by Crippen LogP contribution is 2.63. The highest BCUT2D eigenvalue weighted by atomic mass is 15.1. The second-order valence-corrected chi connectivity index (χ2v) is 13.6. The predicted octanol–water partition coefficient (Wildman–Crippen LogP) is 11.1. The first-order valence-corrected chi connectivity index (χ1v) is 17.6. The number of nitriles is 1. The molecule has 2 aliphatic carbocycles. The largest absolute Gasteiger partial charge is 0.294 e. The minimum absolute atomic E-state index is 0.466. The van der Waals surface area contributed by atoms with Crippen molar-refractivity contribution < 1.29 is 0 Å². The lowest BCUT2D eigenvalue weighted by atomic mass is 9.70. The lowest BCUT2D eigenvalue weighted by Crippen LogP contribution is -2.25. The number of fused-ring (bicyclic) bond motifs is 13. The molecule has 0 unspecified atom stereocenters. The Morgan fingerprint density at radius 1 is 0.462 bits per heavy atom. The molecule has 0 radical (unpaired) electrons. The number of para-hydroxylation sites is 1. The van der Waals surface area contributed by atoms with Crippen LogP contribution in [0.2, 0.25) is 0 Å². The molecule has 0 amide bonds. The van der Waals surface area contributed by atoms with Gasteiger partial charge in [0.2, 0.25) is 0 Å². The number of rotatable bonds is 3. The van der Waals surface area contributed by atoms with Gasteiger partial charge in [-0.3, -0.25) is 4.57 Å². The van der Waals surface area contributed by atoms with Crippen LogP contribution in [0.1, 0.15) is 27.8 Å². The number of aromatic nitrogens is 3. The Labute approximate surface area is 300 Å². The fraction of sp³-hybridized carbons (Fsp3) is 0.0208. The van der Waals surface area contributed by atoms with Gasteiger partial charge in [-0.2, -0.15) is 5.26 Å². The minimum Gasteiger partial charge on any atom is -0.294 e. The van der Waals surface area contributed by atoms with Gasteiger partial charge in [-0.05, 0) is 74.8 Å². The predicted molar refractivity (Wildman–Crippen MR) is 208 cm³/mol. The van der Waals surface area contributed by atoms with Crippen LogP contribution in [0.3, 0.4) is 0 Å². The zero-order chi connectivity index (χ0) is 34.4. The molecule has 0 aliphatic heterocycles. The van der Waals surface area contributed by atoms with E-state index in [0.29, 0.717) is 17.0 Å². The van der Waals surface area contributed by atoms with Crippen LogP contribution in [0.5, 0.6) is 0 Å². The Hall–Kier alpha value is -7.09. The van der Waals surface area contributed by atoms with E-state index in [1.54, 1.807) is 0 Å². The second-order valence-electron chi connectivity index (χ2n) is 13.6. The van der Waals surface area contributed by atoms with Crippen LogP contribution >= 0.6 is 0 Å². The quantitative estimate of drug-likeness (QED) is 0.189. The summed E-state index contributed by atoms with van der Waals surface area (Å²) in [5, 5.41) is 12.4. The number of nitrogens with zero attached hydrogens (tertiary/aromatic N) is 4. The van der Waals surface area contributed by atoms with Gasteiger partial charge in [0.05, 0.1) is 33.8 Å². The maximum atomic E-state index is 10.1.